The molecule has 0 unspecified atom stereocenters. The van der Waals surface area contributed by atoms with Gasteiger partial charge in [-0.2, -0.15) is 0 Å². The van der Waals surface area contributed by atoms with Crippen LogP contribution in [-0.2, 0) is 0 Å². The minimum absolute atomic E-state index is 0.119. The fourth-order valence-electron chi connectivity index (χ4n) is 2.54. The number of carbonyl (C=O) groups excluding carboxylic acids is 1. The highest BCUT2D eigenvalue weighted by atomic mass is 79.9. The van der Waals surface area contributed by atoms with Gasteiger partial charge in [-0.05, 0) is 58.1 Å². The lowest BCUT2D eigenvalue weighted by Gasteiger charge is -2.27. The number of Topliss-reactive ketones (excluding diaryl/α,β-unsaturated/α-hetero) is 1. The molecule has 1 aromatic rings. The standard InChI is InChI=1S/C17H27BrN2O/c1-5-19(6-2)11-8-12-20(7-3)17-10-9-15(18)13-16(17)14(4)21/h9-10,13H,5-8,11-12H2,1-4H3. The van der Waals surface area contributed by atoms with Gasteiger partial charge < -0.3 is 9.80 Å². The zero-order valence-electron chi connectivity index (χ0n) is 13.7. The Morgan fingerprint density at radius 1 is 1.10 bits per heavy atom. The van der Waals surface area contributed by atoms with Gasteiger partial charge in [0.15, 0.2) is 5.78 Å². The van der Waals surface area contributed by atoms with E-state index in [0.29, 0.717) is 0 Å². The Hall–Kier alpha value is -0.870. The molecule has 1 aromatic carbocycles. The van der Waals surface area contributed by atoms with Crippen LogP contribution in [0.5, 0.6) is 0 Å². The molecule has 0 N–H and O–H groups in total. The maximum Gasteiger partial charge on any atom is 0.161 e. The molecule has 0 atom stereocenters. The van der Waals surface area contributed by atoms with Crippen LogP contribution in [0.1, 0.15) is 44.5 Å². The molecule has 0 saturated carbocycles. The van der Waals surface area contributed by atoms with Crippen molar-refractivity contribution >= 4 is 27.4 Å². The van der Waals surface area contributed by atoms with E-state index in [1.165, 1.54) is 0 Å². The first-order valence-corrected chi connectivity index (χ1v) is 8.60. The summed E-state index contributed by atoms with van der Waals surface area (Å²) in [6, 6.07) is 5.97. The summed E-state index contributed by atoms with van der Waals surface area (Å²) in [7, 11) is 0. The first-order chi connectivity index (χ1) is 10.0. The molecule has 3 nitrogen and oxygen atoms in total. The molecule has 0 amide bonds. The van der Waals surface area contributed by atoms with Crippen molar-refractivity contribution in [2.24, 2.45) is 0 Å². The van der Waals surface area contributed by atoms with Crippen molar-refractivity contribution in [3.63, 3.8) is 0 Å². The Bertz CT molecular complexity index is 458. The normalized spacial score (nSPS) is 11.0. The van der Waals surface area contributed by atoms with Crippen LogP contribution in [0.4, 0.5) is 5.69 Å². The molecular formula is C17H27BrN2O. The van der Waals surface area contributed by atoms with Gasteiger partial charge in [0.05, 0.1) is 0 Å². The second-order valence-corrected chi connectivity index (χ2v) is 6.09. The van der Waals surface area contributed by atoms with Gasteiger partial charge in [-0.3, -0.25) is 4.79 Å². The van der Waals surface area contributed by atoms with Crippen molar-refractivity contribution in [3.05, 3.63) is 28.2 Å². The smallest absolute Gasteiger partial charge is 0.161 e. The van der Waals surface area contributed by atoms with Gasteiger partial charge in [0.2, 0.25) is 0 Å². The van der Waals surface area contributed by atoms with Crippen molar-refractivity contribution < 1.29 is 4.79 Å². The fourth-order valence-corrected chi connectivity index (χ4v) is 2.90. The number of nitrogens with zero attached hydrogens (tertiary/aromatic N) is 2. The lowest BCUT2D eigenvalue weighted by atomic mass is 10.1. The Morgan fingerprint density at radius 2 is 1.76 bits per heavy atom. The lowest BCUT2D eigenvalue weighted by Crippen LogP contribution is -2.30. The predicted molar refractivity (Wildman–Crippen MR) is 94.4 cm³/mol. The molecule has 0 aliphatic rings. The summed E-state index contributed by atoms with van der Waals surface area (Å²) in [5.74, 6) is 0.119. The highest BCUT2D eigenvalue weighted by Gasteiger charge is 2.13. The van der Waals surface area contributed by atoms with Crippen molar-refractivity contribution in [2.75, 3.05) is 37.6 Å². The summed E-state index contributed by atoms with van der Waals surface area (Å²) in [6.45, 7) is 13.4. The van der Waals surface area contributed by atoms with E-state index in [1.807, 2.05) is 18.2 Å². The number of halogens is 1. The summed E-state index contributed by atoms with van der Waals surface area (Å²) in [5.41, 5.74) is 1.85. The van der Waals surface area contributed by atoms with Gasteiger partial charge in [-0.1, -0.05) is 29.8 Å². The minimum atomic E-state index is 0.119. The number of anilines is 1. The zero-order chi connectivity index (χ0) is 15.8. The summed E-state index contributed by atoms with van der Waals surface area (Å²) in [5, 5.41) is 0. The number of benzene rings is 1. The molecule has 0 aliphatic heterocycles. The number of hydrogen-bond donors (Lipinski definition) is 0. The minimum Gasteiger partial charge on any atom is -0.371 e. The molecule has 118 valence electrons. The average molecular weight is 355 g/mol. The molecule has 0 bridgehead atoms. The molecule has 4 heteroatoms. The number of hydrogen-bond acceptors (Lipinski definition) is 3. The summed E-state index contributed by atoms with van der Waals surface area (Å²) in [6.07, 6.45) is 1.11. The number of carbonyl (C=O) groups is 1. The van der Waals surface area contributed by atoms with Gasteiger partial charge >= 0.3 is 0 Å². The third kappa shape index (κ3) is 5.44. The molecule has 21 heavy (non-hydrogen) atoms. The lowest BCUT2D eigenvalue weighted by molar-refractivity contribution is 0.101. The Labute approximate surface area is 137 Å². The molecule has 0 aliphatic carbocycles. The number of rotatable bonds is 9. The molecule has 0 aromatic heterocycles. The quantitative estimate of drug-likeness (QED) is 0.620. The summed E-state index contributed by atoms with van der Waals surface area (Å²) >= 11 is 3.45. The van der Waals surface area contributed by atoms with E-state index in [0.717, 1.165) is 54.9 Å². The van der Waals surface area contributed by atoms with Crippen LogP contribution in [-0.4, -0.2) is 43.4 Å². The fraction of sp³-hybridized carbons (Fsp3) is 0.588. The Balaban J connectivity index is 2.78. The molecule has 0 fully saturated rings. The molecule has 0 heterocycles. The summed E-state index contributed by atoms with van der Waals surface area (Å²) in [4.78, 5) is 16.6. The third-order valence-corrected chi connectivity index (χ3v) is 4.35. The monoisotopic (exact) mass is 354 g/mol. The van der Waals surface area contributed by atoms with Crippen LogP contribution < -0.4 is 4.90 Å². The van der Waals surface area contributed by atoms with E-state index in [-0.39, 0.29) is 5.78 Å². The van der Waals surface area contributed by atoms with Crippen molar-refractivity contribution in [1.29, 1.82) is 0 Å². The largest absolute Gasteiger partial charge is 0.371 e. The highest BCUT2D eigenvalue weighted by molar-refractivity contribution is 9.10. The second kappa shape index (κ2) is 9.21. The molecule has 0 spiro atoms. The Kier molecular flexibility index (Phi) is 7.97. The van der Waals surface area contributed by atoms with Crippen LogP contribution in [0.25, 0.3) is 0 Å². The van der Waals surface area contributed by atoms with Gasteiger partial charge in [-0.25, -0.2) is 0 Å². The highest BCUT2D eigenvalue weighted by Crippen LogP contribution is 2.25. The van der Waals surface area contributed by atoms with E-state index in [2.05, 4.69) is 46.5 Å². The van der Waals surface area contributed by atoms with E-state index >= 15 is 0 Å². The maximum absolute atomic E-state index is 11.9. The molecule has 0 saturated heterocycles. The van der Waals surface area contributed by atoms with E-state index in [1.54, 1.807) is 6.92 Å². The molecular weight excluding hydrogens is 328 g/mol. The van der Waals surface area contributed by atoms with Gasteiger partial charge in [-0.15, -0.1) is 0 Å². The SMILES string of the molecule is CCN(CC)CCCN(CC)c1ccc(Br)cc1C(C)=O. The van der Waals surface area contributed by atoms with Crippen LogP contribution >= 0.6 is 15.9 Å². The topological polar surface area (TPSA) is 23.6 Å². The van der Waals surface area contributed by atoms with E-state index in [9.17, 15) is 4.79 Å². The van der Waals surface area contributed by atoms with Crippen LogP contribution in [0, 0.1) is 0 Å². The van der Waals surface area contributed by atoms with Crippen LogP contribution in [0.2, 0.25) is 0 Å². The van der Waals surface area contributed by atoms with Crippen molar-refractivity contribution in [2.45, 2.75) is 34.1 Å². The van der Waals surface area contributed by atoms with Crippen molar-refractivity contribution in [3.8, 4) is 0 Å². The van der Waals surface area contributed by atoms with E-state index < -0.39 is 0 Å². The van der Waals surface area contributed by atoms with Gasteiger partial charge in [0, 0.05) is 28.8 Å². The Morgan fingerprint density at radius 3 is 2.29 bits per heavy atom. The van der Waals surface area contributed by atoms with Gasteiger partial charge in [0.1, 0.15) is 0 Å². The predicted octanol–water partition coefficient (Wildman–Crippen LogP) is 4.21. The van der Waals surface area contributed by atoms with Crippen molar-refractivity contribution in [1.82, 2.24) is 4.90 Å². The summed E-state index contributed by atoms with van der Waals surface area (Å²) < 4.78 is 0.954. The third-order valence-electron chi connectivity index (χ3n) is 3.86. The maximum atomic E-state index is 11.9. The zero-order valence-corrected chi connectivity index (χ0v) is 15.2. The second-order valence-electron chi connectivity index (χ2n) is 5.18. The van der Waals surface area contributed by atoms with Crippen LogP contribution in [0.3, 0.4) is 0 Å². The molecule has 1 rings (SSSR count). The van der Waals surface area contributed by atoms with E-state index in [4.69, 9.17) is 0 Å². The van der Waals surface area contributed by atoms with Gasteiger partial charge in [0.25, 0.3) is 0 Å². The molecule has 0 radical (unpaired) electrons. The first kappa shape index (κ1) is 18.2. The first-order valence-electron chi connectivity index (χ1n) is 7.81. The van der Waals surface area contributed by atoms with Crippen LogP contribution in [0.15, 0.2) is 22.7 Å². The number of ketones is 1. The average Bonchev–Trinajstić information content (AvgIpc) is 2.48.